The molecule has 0 aliphatic carbocycles. The van der Waals surface area contributed by atoms with Gasteiger partial charge in [0.25, 0.3) is 0 Å². The Morgan fingerprint density at radius 2 is 1.86 bits per heavy atom. The van der Waals surface area contributed by atoms with Gasteiger partial charge in [0, 0.05) is 24.8 Å². The lowest BCUT2D eigenvalue weighted by Crippen LogP contribution is -2.43. The number of nitrogens with zero attached hydrogens (tertiary/aromatic N) is 1. The minimum atomic E-state index is -0.866. The molecule has 1 aliphatic rings. The van der Waals surface area contributed by atoms with E-state index in [1.807, 2.05) is 0 Å². The van der Waals surface area contributed by atoms with Crippen molar-refractivity contribution in [2.75, 3.05) is 25.0 Å². The molecule has 1 fully saturated rings. The SMILES string of the molecule is NC1CCN(CC(=O)Nc2ccc(CC(=O)O)cc2)CC1. The van der Waals surface area contributed by atoms with Crippen LogP contribution in [0.25, 0.3) is 0 Å². The van der Waals surface area contributed by atoms with Crippen molar-refractivity contribution in [2.45, 2.75) is 25.3 Å². The highest BCUT2D eigenvalue weighted by Crippen LogP contribution is 2.11. The normalized spacial score (nSPS) is 16.6. The molecule has 0 radical (unpaired) electrons. The number of nitrogens with one attached hydrogen (secondary N) is 1. The first-order valence-corrected chi connectivity index (χ1v) is 7.11. The number of nitrogens with two attached hydrogens (primary N) is 1. The van der Waals surface area contributed by atoms with Crippen molar-refractivity contribution in [1.82, 2.24) is 4.90 Å². The zero-order valence-electron chi connectivity index (χ0n) is 11.9. The summed E-state index contributed by atoms with van der Waals surface area (Å²) in [7, 11) is 0. The number of rotatable bonds is 5. The molecule has 0 aromatic heterocycles. The van der Waals surface area contributed by atoms with Gasteiger partial charge in [0.15, 0.2) is 0 Å². The Labute approximate surface area is 123 Å². The minimum absolute atomic E-state index is 0.0116. The summed E-state index contributed by atoms with van der Waals surface area (Å²) < 4.78 is 0. The molecule has 1 heterocycles. The van der Waals surface area contributed by atoms with Crippen LogP contribution in [0.2, 0.25) is 0 Å². The van der Waals surface area contributed by atoms with Crippen LogP contribution in [0.5, 0.6) is 0 Å². The van der Waals surface area contributed by atoms with Crippen LogP contribution in [0.4, 0.5) is 5.69 Å². The van der Waals surface area contributed by atoms with E-state index in [4.69, 9.17) is 10.8 Å². The maximum absolute atomic E-state index is 11.9. The molecular formula is C15H21N3O3. The van der Waals surface area contributed by atoms with E-state index < -0.39 is 5.97 Å². The summed E-state index contributed by atoms with van der Waals surface area (Å²) in [6.45, 7) is 2.07. The first-order valence-electron chi connectivity index (χ1n) is 7.11. The van der Waals surface area contributed by atoms with Gasteiger partial charge in [-0.15, -0.1) is 0 Å². The molecule has 6 heteroatoms. The lowest BCUT2D eigenvalue weighted by atomic mass is 10.1. The first kappa shape index (κ1) is 15.5. The van der Waals surface area contributed by atoms with Gasteiger partial charge >= 0.3 is 5.97 Å². The maximum atomic E-state index is 11.9. The van der Waals surface area contributed by atoms with Crippen molar-refractivity contribution >= 4 is 17.6 Å². The van der Waals surface area contributed by atoms with E-state index in [-0.39, 0.29) is 18.4 Å². The Bertz CT molecular complexity index is 493. The van der Waals surface area contributed by atoms with E-state index in [0.29, 0.717) is 17.8 Å². The number of benzene rings is 1. The van der Waals surface area contributed by atoms with Crippen molar-refractivity contribution in [3.05, 3.63) is 29.8 Å². The topological polar surface area (TPSA) is 95.7 Å². The fourth-order valence-electron chi connectivity index (χ4n) is 2.40. The van der Waals surface area contributed by atoms with Crippen LogP contribution >= 0.6 is 0 Å². The van der Waals surface area contributed by atoms with Crippen molar-refractivity contribution in [3.8, 4) is 0 Å². The zero-order valence-corrected chi connectivity index (χ0v) is 11.9. The number of piperidine rings is 1. The third-order valence-electron chi connectivity index (χ3n) is 3.59. The first-order chi connectivity index (χ1) is 10.0. The standard InChI is InChI=1S/C15H21N3O3/c16-12-5-7-18(8-6-12)10-14(19)17-13-3-1-11(2-4-13)9-15(20)21/h1-4,12H,5-10,16H2,(H,17,19)(H,20,21). The summed E-state index contributed by atoms with van der Waals surface area (Å²) in [5.74, 6) is -0.924. The molecule has 0 atom stereocenters. The average Bonchev–Trinajstić information content (AvgIpc) is 2.43. The smallest absolute Gasteiger partial charge is 0.307 e. The number of carbonyl (C=O) groups is 2. The highest BCUT2D eigenvalue weighted by atomic mass is 16.4. The van der Waals surface area contributed by atoms with Crippen LogP contribution in [0.15, 0.2) is 24.3 Å². The minimum Gasteiger partial charge on any atom is -0.481 e. The molecule has 1 aliphatic heterocycles. The summed E-state index contributed by atoms with van der Waals surface area (Å²) >= 11 is 0. The van der Waals surface area contributed by atoms with E-state index in [1.54, 1.807) is 24.3 Å². The molecule has 0 spiro atoms. The lowest BCUT2D eigenvalue weighted by Gasteiger charge is -2.29. The van der Waals surface area contributed by atoms with Gasteiger partial charge in [-0.05, 0) is 30.5 Å². The maximum Gasteiger partial charge on any atom is 0.307 e. The summed E-state index contributed by atoms with van der Waals surface area (Å²) in [4.78, 5) is 24.6. The molecule has 114 valence electrons. The average molecular weight is 291 g/mol. The molecular weight excluding hydrogens is 270 g/mol. The van der Waals surface area contributed by atoms with Gasteiger partial charge in [0.05, 0.1) is 13.0 Å². The molecule has 1 saturated heterocycles. The summed E-state index contributed by atoms with van der Waals surface area (Å²) in [6, 6.07) is 7.13. The van der Waals surface area contributed by atoms with Crippen molar-refractivity contribution < 1.29 is 14.7 Å². The number of carboxylic acid groups (broad SMARTS) is 1. The predicted molar refractivity (Wildman–Crippen MR) is 80.1 cm³/mol. The molecule has 1 aromatic carbocycles. The number of aliphatic carboxylic acids is 1. The van der Waals surface area contributed by atoms with E-state index in [1.165, 1.54) is 0 Å². The summed E-state index contributed by atoms with van der Waals surface area (Å²) in [6.07, 6.45) is 1.84. The summed E-state index contributed by atoms with van der Waals surface area (Å²) in [5, 5.41) is 11.5. The summed E-state index contributed by atoms with van der Waals surface area (Å²) in [5.41, 5.74) is 7.23. The fourth-order valence-corrected chi connectivity index (χ4v) is 2.40. The Morgan fingerprint density at radius 1 is 1.24 bits per heavy atom. The van der Waals surface area contributed by atoms with Crippen LogP contribution in [0.3, 0.4) is 0 Å². The number of hydrogen-bond donors (Lipinski definition) is 3. The molecule has 0 saturated carbocycles. The second kappa shape index (κ2) is 7.19. The van der Waals surface area contributed by atoms with Crippen molar-refractivity contribution in [1.29, 1.82) is 0 Å². The van der Waals surface area contributed by atoms with Crippen LogP contribution < -0.4 is 11.1 Å². The van der Waals surface area contributed by atoms with Crippen LogP contribution in [0.1, 0.15) is 18.4 Å². The highest BCUT2D eigenvalue weighted by molar-refractivity contribution is 5.92. The molecule has 4 N–H and O–H groups in total. The zero-order chi connectivity index (χ0) is 15.2. The Balaban J connectivity index is 1.80. The number of anilines is 1. The quantitative estimate of drug-likeness (QED) is 0.741. The van der Waals surface area contributed by atoms with Crippen LogP contribution in [0, 0.1) is 0 Å². The monoisotopic (exact) mass is 291 g/mol. The fraction of sp³-hybridized carbons (Fsp3) is 0.467. The second-order valence-corrected chi connectivity index (χ2v) is 5.43. The van der Waals surface area contributed by atoms with Gasteiger partial charge in [0.1, 0.15) is 0 Å². The second-order valence-electron chi connectivity index (χ2n) is 5.43. The van der Waals surface area contributed by atoms with Gasteiger partial charge in [-0.1, -0.05) is 12.1 Å². The van der Waals surface area contributed by atoms with Crippen LogP contribution in [-0.2, 0) is 16.0 Å². The van der Waals surface area contributed by atoms with Gasteiger partial charge in [0.2, 0.25) is 5.91 Å². The number of carbonyl (C=O) groups excluding carboxylic acids is 1. The van der Waals surface area contributed by atoms with Crippen molar-refractivity contribution in [3.63, 3.8) is 0 Å². The third kappa shape index (κ3) is 5.17. The number of amides is 1. The number of carboxylic acids is 1. The van der Waals surface area contributed by atoms with E-state index in [2.05, 4.69) is 10.2 Å². The molecule has 0 unspecified atom stereocenters. The Kier molecular flexibility index (Phi) is 5.30. The molecule has 6 nitrogen and oxygen atoms in total. The van der Waals surface area contributed by atoms with Gasteiger partial charge in [-0.2, -0.15) is 0 Å². The molecule has 1 amide bonds. The molecule has 21 heavy (non-hydrogen) atoms. The van der Waals surface area contributed by atoms with Gasteiger partial charge in [-0.3, -0.25) is 14.5 Å². The Morgan fingerprint density at radius 3 is 2.43 bits per heavy atom. The number of likely N-dealkylation sites (tertiary alicyclic amines) is 1. The van der Waals surface area contributed by atoms with Gasteiger partial charge in [-0.25, -0.2) is 0 Å². The van der Waals surface area contributed by atoms with Crippen LogP contribution in [-0.4, -0.2) is 47.6 Å². The van der Waals surface area contributed by atoms with E-state index >= 15 is 0 Å². The molecule has 1 aromatic rings. The Hall–Kier alpha value is -1.92. The largest absolute Gasteiger partial charge is 0.481 e. The molecule has 2 rings (SSSR count). The van der Waals surface area contributed by atoms with Crippen molar-refractivity contribution in [2.24, 2.45) is 5.73 Å². The third-order valence-corrected chi connectivity index (χ3v) is 3.59. The number of hydrogen-bond acceptors (Lipinski definition) is 4. The van der Waals surface area contributed by atoms with Gasteiger partial charge < -0.3 is 16.2 Å². The van der Waals surface area contributed by atoms with E-state index in [0.717, 1.165) is 25.9 Å². The highest BCUT2D eigenvalue weighted by Gasteiger charge is 2.18. The molecule has 0 bridgehead atoms. The lowest BCUT2D eigenvalue weighted by molar-refractivity contribution is -0.136. The predicted octanol–water partition coefficient (Wildman–Crippen LogP) is 0.675. The van der Waals surface area contributed by atoms with E-state index in [9.17, 15) is 9.59 Å².